The van der Waals surface area contributed by atoms with Crippen LogP contribution in [0.15, 0.2) is 10.7 Å². The molecule has 1 atom stereocenters. The summed E-state index contributed by atoms with van der Waals surface area (Å²) in [5.74, 6) is 0.671. The first-order valence-corrected chi connectivity index (χ1v) is 4.60. The Balaban J connectivity index is 2.41. The van der Waals surface area contributed by atoms with Gasteiger partial charge in [0.25, 0.3) is 5.89 Å². The molecular weight excluding hydrogens is 196 g/mol. The lowest BCUT2D eigenvalue weighted by Gasteiger charge is -1.94. The number of nitrogens with zero attached hydrogens (tertiary/aromatic N) is 4. The first kappa shape index (κ1) is 9.85. The van der Waals surface area contributed by atoms with E-state index < -0.39 is 6.10 Å². The van der Waals surface area contributed by atoms with Crippen LogP contribution < -0.4 is 0 Å². The largest absolute Gasteiger partial charge is 0.385 e. The molecule has 0 radical (unpaired) electrons. The summed E-state index contributed by atoms with van der Waals surface area (Å²) in [6.07, 6.45) is 0.939. The molecule has 0 bridgehead atoms. The number of aliphatic hydroxyl groups is 1. The van der Waals surface area contributed by atoms with Crippen molar-refractivity contribution in [3.05, 3.63) is 17.7 Å². The minimum Gasteiger partial charge on any atom is -0.385 e. The second kappa shape index (κ2) is 3.47. The first-order chi connectivity index (χ1) is 7.09. The van der Waals surface area contributed by atoms with Crippen molar-refractivity contribution in [2.45, 2.75) is 20.0 Å². The molecule has 0 amide bonds. The average molecular weight is 208 g/mol. The van der Waals surface area contributed by atoms with Crippen LogP contribution in [0.4, 0.5) is 0 Å². The summed E-state index contributed by atoms with van der Waals surface area (Å²) in [4.78, 5) is 4.07. The Morgan fingerprint density at radius 3 is 2.73 bits per heavy atom. The van der Waals surface area contributed by atoms with E-state index in [-0.39, 0.29) is 5.82 Å². The lowest BCUT2D eigenvalue weighted by atomic mass is 10.2. The first-order valence-electron chi connectivity index (χ1n) is 4.60. The van der Waals surface area contributed by atoms with Crippen molar-refractivity contribution in [1.82, 2.24) is 19.9 Å². The molecule has 0 saturated heterocycles. The standard InChI is InChI=1S/C9H12N4O2/c1-5-7(4-10-13(5)3)9-11-8(6(2)14)12-15-9/h4,6,14H,1-3H3. The molecule has 2 rings (SSSR count). The van der Waals surface area contributed by atoms with Crippen LogP contribution in [0, 0.1) is 6.92 Å². The highest BCUT2D eigenvalue weighted by Crippen LogP contribution is 2.21. The van der Waals surface area contributed by atoms with Gasteiger partial charge in [-0.1, -0.05) is 5.16 Å². The number of aryl methyl sites for hydroxylation is 1. The van der Waals surface area contributed by atoms with Gasteiger partial charge in [0, 0.05) is 12.7 Å². The topological polar surface area (TPSA) is 77.0 Å². The van der Waals surface area contributed by atoms with Crippen molar-refractivity contribution in [2.75, 3.05) is 0 Å². The summed E-state index contributed by atoms with van der Waals surface area (Å²) in [5, 5.41) is 17.0. The average Bonchev–Trinajstić information content (AvgIpc) is 2.76. The van der Waals surface area contributed by atoms with Crippen molar-refractivity contribution in [3.63, 3.8) is 0 Å². The van der Waals surface area contributed by atoms with E-state index in [9.17, 15) is 5.11 Å². The van der Waals surface area contributed by atoms with Gasteiger partial charge in [0.1, 0.15) is 6.10 Å². The van der Waals surface area contributed by atoms with E-state index in [1.807, 2.05) is 14.0 Å². The highest BCUT2D eigenvalue weighted by Gasteiger charge is 2.16. The summed E-state index contributed by atoms with van der Waals surface area (Å²) >= 11 is 0. The van der Waals surface area contributed by atoms with E-state index >= 15 is 0 Å². The molecular formula is C9H12N4O2. The summed E-state index contributed by atoms with van der Waals surface area (Å²) in [5.41, 5.74) is 1.73. The van der Waals surface area contributed by atoms with Crippen molar-refractivity contribution in [2.24, 2.45) is 7.05 Å². The maximum absolute atomic E-state index is 9.25. The van der Waals surface area contributed by atoms with E-state index in [0.717, 1.165) is 11.3 Å². The smallest absolute Gasteiger partial charge is 0.261 e. The van der Waals surface area contributed by atoms with E-state index in [2.05, 4.69) is 15.2 Å². The van der Waals surface area contributed by atoms with Gasteiger partial charge in [-0.15, -0.1) is 0 Å². The molecule has 80 valence electrons. The van der Waals surface area contributed by atoms with Gasteiger partial charge in [0.2, 0.25) is 0 Å². The van der Waals surface area contributed by atoms with Gasteiger partial charge in [0.05, 0.1) is 11.8 Å². The van der Waals surface area contributed by atoms with Crippen LogP contribution >= 0.6 is 0 Å². The summed E-state index contributed by atoms with van der Waals surface area (Å²) in [6.45, 7) is 3.50. The van der Waals surface area contributed by atoms with E-state index in [0.29, 0.717) is 5.89 Å². The van der Waals surface area contributed by atoms with Crippen molar-refractivity contribution in [3.8, 4) is 11.5 Å². The van der Waals surface area contributed by atoms with Gasteiger partial charge < -0.3 is 9.63 Å². The van der Waals surface area contributed by atoms with Crippen molar-refractivity contribution >= 4 is 0 Å². The highest BCUT2D eigenvalue weighted by atomic mass is 16.5. The quantitative estimate of drug-likeness (QED) is 0.791. The van der Waals surface area contributed by atoms with Crippen molar-refractivity contribution < 1.29 is 9.63 Å². The third kappa shape index (κ3) is 1.63. The van der Waals surface area contributed by atoms with Crippen LogP contribution in [0.5, 0.6) is 0 Å². The van der Waals surface area contributed by atoms with E-state index in [4.69, 9.17) is 4.52 Å². The monoisotopic (exact) mass is 208 g/mol. The number of rotatable bonds is 2. The Hall–Kier alpha value is -1.69. The Morgan fingerprint density at radius 2 is 2.27 bits per heavy atom. The highest BCUT2D eigenvalue weighted by molar-refractivity contribution is 5.54. The predicted molar refractivity (Wildman–Crippen MR) is 51.9 cm³/mol. The molecule has 0 aromatic carbocycles. The predicted octanol–water partition coefficient (Wildman–Crippen LogP) is 0.832. The molecule has 0 saturated carbocycles. The van der Waals surface area contributed by atoms with Gasteiger partial charge in [-0.3, -0.25) is 4.68 Å². The Morgan fingerprint density at radius 1 is 1.53 bits per heavy atom. The fourth-order valence-corrected chi connectivity index (χ4v) is 1.22. The number of hydrogen-bond donors (Lipinski definition) is 1. The van der Waals surface area contributed by atoms with Gasteiger partial charge >= 0.3 is 0 Å². The maximum atomic E-state index is 9.25. The molecule has 2 aromatic heterocycles. The fraction of sp³-hybridized carbons (Fsp3) is 0.444. The Kier molecular flexibility index (Phi) is 2.28. The fourth-order valence-electron chi connectivity index (χ4n) is 1.22. The molecule has 2 aromatic rings. The molecule has 15 heavy (non-hydrogen) atoms. The molecule has 6 heteroatoms. The molecule has 0 aliphatic carbocycles. The van der Waals surface area contributed by atoms with Gasteiger partial charge in [-0.2, -0.15) is 10.1 Å². The third-order valence-electron chi connectivity index (χ3n) is 2.28. The number of aliphatic hydroxyl groups excluding tert-OH is 1. The summed E-state index contributed by atoms with van der Waals surface area (Å²) in [6, 6.07) is 0. The number of hydrogen-bond acceptors (Lipinski definition) is 5. The normalized spacial score (nSPS) is 13.1. The molecule has 0 aliphatic rings. The molecule has 0 aliphatic heterocycles. The van der Waals surface area contributed by atoms with E-state index in [1.165, 1.54) is 0 Å². The maximum Gasteiger partial charge on any atom is 0.261 e. The lowest BCUT2D eigenvalue weighted by molar-refractivity contribution is 0.184. The molecule has 1 N–H and O–H groups in total. The zero-order chi connectivity index (χ0) is 11.0. The van der Waals surface area contributed by atoms with Gasteiger partial charge in [-0.25, -0.2) is 0 Å². The summed E-state index contributed by atoms with van der Waals surface area (Å²) in [7, 11) is 1.84. The van der Waals surface area contributed by atoms with Crippen LogP contribution in [0.2, 0.25) is 0 Å². The second-order valence-corrected chi connectivity index (χ2v) is 3.40. The lowest BCUT2D eigenvalue weighted by Crippen LogP contribution is -1.94. The van der Waals surface area contributed by atoms with Crippen molar-refractivity contribution in [1.29, 1.82) is 0 Å². The molecule has 6 nitrogen and oxygen atoms in total. The minimum atomic E-state index is -0.723. The van der Waals surface area contributed by atoms with Gasteiger partial charge in [0.15, 0.2) is 5.82 Å². The molecule has 0 fully saturated rings. The zero-order valence-electron chi connectivity index (χ0n) is 8.80. The molecule has 0 spiro atoms. The van der Waals surface area contributed by atoms with Crippen LogP contribution in [0.1, 0.15) is 24.5 Å². The Labute approximate surface area is 86.5 Å². The van der Waals surface area contributed by atoms with Crippen LogP contribution in [0.3, 0.4) is 0 Å². The Bertz CT molecular complexity index is 472. The third-order valence-corrected chi connectivity index (χ3v) is 2.28. The molecule has 1 unspecified atom stereocenters. The summed E-state index contributed by atoms with van der Waals surface area (Å²) < 4.78 is 6.76. The van der Waals surface area contributed by atoms with Crippen LogP contribution in [-0.2, 0) is 7.05 Å². The minimum absolute atomic E-state index is 0.285. The number of aromatic nitrogens is 4. The van der Waals surface area contributed by atoms with Crippen LogP contribution in [-0.4, -0.2) is 25.0 Å². The zero-order valence-corrected chi connectivity index (χ0v) is 8.80. The van der Waals surface area contributed by atoms with Gasteiger partial charge in [-0.05, 0) is 13.8 Å². The molecule has 2 heterocycles. The SMILES string of the molecule is Cc1c(-c2nc(C(C)O)no2)cnn1C. The second-order valence-electron chi connectivity index (χ2n) is 3.40. The van der Waals surface area contributed by atoms with Crippen LogP contribution in [0.25, 0.3) is 11.5 Å². The van der Waals surface area contributed by atoms with E-state index in [1.54, 1.807) is 17.8 Å².